The Bertz CT molecular complexity index is 385. The summed E-state index contributed by atoms with van der Waals surface area (Å²) in [5.41, 5.74) is 4.45. The van der Waals surface area contributed by atoms with Crippen LogP contribution in [0.1, 0.15) is 27.2 Å². The van der Waals surface area contributed by atoms with Gasteiger partial charge in [-0.1, -0.05) is 0 Å². The fourth-order valence-corrected chi connectivity index (χ4v) is 0.986. The molecule has 0 bridgehead atoms. The number of hydrogen-bond donors (Lipinski definition) is 3. The maximum Gasteiger partial charge on any atom is 0.377 e. The first-order valence-electron chi connectivity index (χ1n) is 5.54. The number of carbonyl (C=O) groups is 4. The van der Waals surface area contributed by atoms with Gasteiger partial charge in [0.15, 0.2) is 0 Å². The Hall–Kier alpha value is -1.96. The van der Waals surface area contributed by atoms with Gasteiger partial charge in [0.05, 0.1) is 19.0 Å². The standard InChI is InChI=1S/C11H18N2O6/c1-11(2,3)19-10(18)7(14)5-13-9(17)6(12)4-8(15)16/h6H,4-5,12H2,1-3H3,(H,13,17)(H,15,16)/t6-/m0/s1. The second-order valence-electron chi connectivity index (χ2n) is 4.85. The zero-order valence-electron chi connectivity index (χ0n) is 11.1. The van der Waals surface area contributed by atoms with Crippen molar-refractivity contribution in [3.63, 3.8) is 0 Å². The van der Waals surface area contributed by atoms with Gasteiger partial charge in [0, 0.05) is 0 Å². The molecule has 1 amide bonds. The van der Waals surface area contributed by atoms with Gasteiger partial charge in [0.2, 0.25) is 5.91 Å². The van der Waals surface area contributed by atoms with Crippen molar-refractivity contribution in [2.45, 2.75) is 38.8 Å². The monoisotopic (exact) mass is 274 g/mol. The van der Waals surface area contributed by atoms with Gasteiger partial charge >= 0.3 is 11.9 Å². The summed E-state index contributed by atoms with van der Waals surface area (Å²) in [6.45, 7) is 4.21. The lowest BCUT2D eigenvalue weighted by Gasteiger charge is -2.18. The lowest BCUT2D eigenvalue weighted by molar-refractivity contribution is -0.162. The molecule has 0 heterocycles. The Morgan fingerprint density at radius 1 is 1.26 bits per heavy atom. The lowest BCUT2D eigenvalue weighted by atomic mass is 10.2. The van der Waals surface area contributed by atoms with Gasteiger partial charge in [-0.15, -0.1) is 0 Å². The molecular formula is C11H18N2O6. The Morgan fingerprint density at radius 2 is 1.79 bits per heavy atom. The van der Waals surface area contributed by atoms with Crippen LogP contribution >= 0.6 is 0 Å². The molecule has 0 aliphatic rings. The van der Waals surface area contributed by atoms with Gasteiger partial charge in [-0.25, -0.2) is 4.79 Å². The van der Waals surface area contributed by atoms with E-state index in [0.717, 1.165) is 0 Å². The van der Waals surface area contributed by atoms with E-state index in [-0.39, 0.29) is 0 Å². The molecule has 0 saturated heterocycles. The summed E-state index contributed by atoms with van der Waals surface area (Å²) >= 11 is 0. The Labute approximate surface area is 110 Å². The number of Topliss-reactive ketones (excluding diaryl/α,β-unsaturated/α-hetero) is 1. The minimum Gasteiger partial charge on any atom is -0.481 e. The molecule has 8 heteroatoms. The highest BCUT2D eigenvalue weighted by atomic mass is 16.6. The topological polar surface area (TPSA) is 136 Å². The van der Waals surface area contributed by atoms with Crippen LogP contribution in [0.5, 0.6) is 0 Å². The molecule has 0 aliphatic carbocycles. The molecule has 19 heavy (non-hydrogen) atoms. The zero-order chi connectivity index (χ0) is 15.2. The van der Waals surface area contributed by atoms with Crippen molar-refractivity contribution < 1.29 is 29.0 Å². The first-order valence-corrected chi connectivity index (χ1v) is 5.54. The highest BCUT2D eigenvalue weighted by Crippen LogP contribution is 2.06. The Balaban J connectivity index is 4.19. The fraction of sp³-hybridized carbons (Fsp3) is 0.636. The van der Waals surface area contributed by atoms with Crippen molar-refractivity contribution in [3.8, 4) is 0 Å². The first kappa shape index (κ1) is 17.0. The predicted molar refractivity (Wildman–Crippen MR) is 64.1 cm³/mol. The van der Waals surface area contributed by atoms with Gasteiger partial charge in [0.1, 0.15) is 5.60 Å². The number of carboxylic acid groups (broad SMARTS) is 1. The van der Waals surface area contributed by atoms with E-state index >= 15 is 0 Å². The van der Waals surface area contributed by atoms with E-state index in [2.05, 4.69) is 5.32 Å². The third-order valence-corrected chi connectivity index (χ3v) is 1.78. The number of esters is 1. The lowest BCUT2D eigenvalue weighted by Crippen LogP contribution is -2.45. The normalized spacial score (nSPS) is 12.4. The maximum absolute atomic E-state index is 11.3. The largest absolute Gasteiger partial charge is 0.481 e. The van der Waals surface area contributed by atoms with E-state index in [4.69, 9.17) is 15.6 Å². The van der Waals surface area contributed by atoms with E-state index in [1.54, 1.807) is 20.8 Å². The van der Waals surface area contributed by atoms with E-state index in [1.165, 1.54) is 0 Å². The van der Waals surface area contributed by atoms with Gasteiger partial charge in [-0.3, -0.25) is 14.4 Å². The van der Waals surface area contributed by atoms with Crippen molar-refractivity contribution in [2.75, 3.05) is 6.54 Å². The number of carboxylic acids is 1. The van der Waals surface area contributed by atoms with Crippen molar-refractivity contribution >= 4 is 23.6 Å². The summed E-state index contributed by atoms with van der Waals surface area (Å²) in [6.07, 6.45) is -0.563. The van der Waals surface area contributed by atoms with Crippen LogP contribution in [-0.2, 0) is 23.9 Å². The second kappa shape index (κ2) is 6.83. The molecule has 4 N–H and O–H groups in total. The van der Waals surface area contributed by atoms with Crippen LogP contribution in [0.15, 0.2) is 0 Å². The molecule has 0 aromatic rings. The summed E-state index contributed by atoms with van der Waals surface area (Å²) in [4.78, 5) is 44.2. The van der Waals surface area contributed by atoms with E-state index in [9.17, 15) is 19.2 Å². The average molecular weight is 274 g/mol. The number of ether oxygens (including phenoxy) is 1. The molecule has 0 saturated carbocycles. The van der Waals surface area contributed by atoms with Crippen LogP contribution in [0.25, 0.3) is 0 Å². The molecule has 0 aliphatic heterocycles. The second-order valence-corrected chi connectivity index (χ2v) is 4.85. The number of aliphatic carboxylic acids is 1. The molecule has 0 spiro atoms. The summed E-state index contributed by atoms with van der Waals surface area (Å²) < 4.78 is 4.79. The first-order chi connectivity index (χ1) is 8.53. The van der Waals surface area contributed by atoms with E-state index < -0.39 is 48.2 Å². The van der Waals surface area contributed by atoms with Crippen molar-refractivity contribution in [2.24, 2.45) is 5.73 Å². The third kappa shape index (κ3) is 7.87. The Kier molecular flexibility index (Phi) is 6.13. The number of hydrogen-bond acceptors (Lipinski definition) is 6. The van der Waals surface area contributed by atoms with Gasteiger partial charge in [-0.2, -0.15) is 0 Å². The molecule has 0 unspecified atom stereocenters. The number of nitrogens with one attached hydrogen (secondary N) is 1. The van der Waals surface area contributed by atoms with Gasteiger partial charge in [-0.05, 0) is 20.8 Å². The quantitative estimate of drug-likeness (QED) is 0.409. The molecule has 0 aromatic heterocycles. The van der Waals surface area contributed by atoms with Crippen LogP contribution in [0, 0.1) is 0 Å². The average Bonchev–Trinajstić information content (AvgIpc) is 2.21. The van der Waals surface area contributed by atoms with Crippen molar-refractivity contribution in [1.82, 2.24) is 5.32 Å². The number of rotatable bonds is 6. The highest BCUT2D eigenvalue weighted by Gasteiger charge is 2.24. The molecule has 0 radical (unpaired) electrons. The molecule has 0 aromatic carbocycles. The third-order valence-electron chi connectivity index (χ3n) is 1.78. The van der Waals surface area contributed by atoms with Crippen LogP contribution in [0.4, 0.5) is 0 Å². The SMILES string of the molecule is CC(C)(C)OC(=O)C(=O)CNC(=O)[C@@H](N)CC(=O)O. The molecule has 0 fully saturated rings. The highest BCUT2D eigenvalue weighted by molar-refractivity contribution is 6.34. The number of carbonyl (C=O) groups excluding carboxylic acids is 3. The van der Waals surface area contributed by atoms with Gasteiger partial charge in [0.25, 0.3) is 5.78 Å². The van der Waals surface area contributed by atoms with Crippen LogP contribution in [0.2, 0.25) is 0 Å². The van der Waals surface area contributed by atoms with Crippen molar-refractivity contribution in [3.05, 3.63) is 0 Å². The molecule has 108 valence electrons. The minimum atomic E-state index is -1.27. The van der Waals surface area contributed by atoms with Crippen LogP contribution < -0.4 is 11.1 Å². The van der Waals surface area contributed by atoms with Gasteiger partial charge < -0.3 is 20.9 Å². The van der Waals surface area contributed by atoms with E-state index in [0.29, 0.717) is 0 Å². The molecule has 1 atom stereocenters. The summed E-state index contributed by atoms with van der Waals surface area (Å²) in [5, 5.41) is 10.5. The Morgan fingerprint density at radius 3 is 2.21 bits per heavy atom. The predicted octanol–water partition coefficient (Wildman–Crippen LogP) is -1.18. The van der Waals surface area contributed by atoms with Crippen LogP contribution in [-0.4, -0.2) is 46.9 Å². The number of ketones is 1. The van der Waals surface area contributed by atoms with E-state index in [1.807, 2.05) is 0 Å². The fourth-order valence-electron chi connectivity index (χ4n) is 0.986. The number of nitrogens with two attached hydrogens (primary N) is 1. The number of amides is 1. The van der Waals surface area contributed by atoms with Crippen molar-refractivity contribution in [1.29, 1.82) is 0 Å². The summed E-state index contributed by atoms with van der Waals surface area (Å²) in [7, 11) is 0. The minimum absolute atomic E-state index is 0.563. The summed E-state index contributed by atoms with van der Waals surface area (Å²) in [5.74, 6) is -4.06. The maximum atomic E-state index is 11.3. The van der Waals surface area contributed by atoms with Crippen LogP contribution in [0.3, 0.4) is 0 Å². The summed E-state index contributed by atoms with van der Waals surface area (Å²) in [6, 6.07) is -1.27. The molecule has 8 nitrogen and oxygen atoms in total. The molecule has 0 rings (SSSR count). The smallest absolute Gasteiger partial charge is 0.377 e. The molecular weight excluding hydrogens is 256 g/mol. The zero-order valence-corrected chi connectivity index (χ0v) is 11.1.